The molecule has 2 aliphatic rings. The van der Waals surface area contributed by atoms with Crippen LogP contribution in [-0.2, 0) is 6.42 Å². The Hall–Kier alpha value is -2.87. The second kappa shape index (κ2) is 8.24. The van der Waals surface area contributed by atoms with E-state index in [0.29, 0.717) is 17.9 Å². The average Bonchev–Trinajstić information content (AvgIpc) is 2.75. The first-order valence-electron chi connectivity index (χ1n) is 9.53. The molecule has 0 saturated carbocycles. The van der Waals surface area contributed by atoms with Crippen molar-refractivity contribution in [1.82, 2.24) is 5.43 Å². The average molecular weight is 412 g/mol. The Balaban J connectivity index is 1.68. The number of oxime groups is 1. The number of halogens is 1. The van der Waals surface area contributed by atoms with Crippen molar-refractivity contribution in [3.05, 3.63) is 65.0 Å². The second-order valence-electron chi connectivity index (χ2n) is 6.94. The molecule has 1 unspecified atom stereocenters. The summed E-state index contributed by atoms with van der Waals surface area (Å²) in [5, 5.41) is 17.4. The number of aryl methyl sites for hydroxylation is 1. The predicted molar refractivity (Wildman–Crippen MR) is 114 cm³/mol. The lowest BCUT2D eigenvalue weighted by molar-refractivity contribution is 0.260. The van der Waals surface area contributed by atoms with Crippen LogP contribution in [0.1, 0.15) is 36.5 Å². The number of hydrogen-bond donors (Lipinski definition) is 2. The first kappa shape index (κ1) is 19.4. The van der Waals surface area contributed by atoms with Crippen molar-refractivity contribution in [2.75, 3.05) is 11.4 Å². The molecular formula is C21H21FN4O2S. The lowest BCUT2D eigenvalue weighted by Crippen LogP contribution is -2.36. The molecule has 1 atom stereocenters. The fraction of sp³-hybridized carbons (Fsp3) is 0.286. The highest BCUT2D eigenvalue weighted by molar-refractivity contribution is 8.14. The zero-order chi connectivity index (χ0) is 20.4. The van der Waals surface area contributed by atoms with Crippen molar-refractivity contribution >= 4 is 34.2 Å². The van der Waals surface area contributed by atoms with Crippen molar-refractivity contribution in [3.8, 4) is 0 Å². The Labute approximate surface area is 172 Å². The monoisotopic (exact) mass is 412 g/mol. The molecule has 29 heavy (non-hydrogen) atoms. The van der Waals surface area contributed by atoms with Crippen molar-refractivity contribution < 1.29 is 14.4 Å². The zero-order valence-corrected chi connectivity index (χ0v) is 16.7. The van der Waals surface area contributed by atoms with Crippen LogP contribution >= 0.6 is 11.8 Å². The minimum atomic E-state index is -0.335. The van der Waals surface area contributed by atoms with E-state index in [2.05, 4.69) is 21.7 Å². The summed E-state index contributed by atoms with van der Waals surface area (Å²) in [5.74, 6) is 0.0568. The maximum absolute atomic E-state index is 13.3. The highest BCUT2D eigenvalue weighted by atomic mass is 32.2. The van der Waals surface area contributed by atoms with Crippen molar-refractivity contribution in [2.24, 2.45) is 10.3 Å². The van der Waals surface area contributed by atoms with Gasteiger partial charge < -0.3 is 10.1 Å². The molecule has 0 saturated heterocycles. The second-order valence-corrected chi connectivity index (χ2v) is 8.12. The summed E-state index contributed by atoms with van der Waals surface area (Å²) >= 11 is 1.26. The number of carbonyl (C=O) groups excluding carboxylic acids is 1. The van der Waals surface area contributed by atoms with E-state index in [1.165, 1.54) is 23.9 Å². The molecule has 0 radical (unpaired) electrons. The number of hydrogen-bond acceptors (Lipinski definition) is 5. The molecular weight excluding hydrogens is 391 g/mol. The van der Waals surface area contributed by atoms with Gasteiger partial charge in [-0.25, -0.2) is 9.82 Å². The molecule has 4 rings (SSSR count). The summed E-state index contributed by atoms with van der Waals surface area (Å²) in [6.45, 7) is 2.74. The Morgan fingerprint density at radius 3 is 2.86 bits per heavy atom. The molecule has 2 aliphatic heterocycles. The lowest BCUT2D eigenvalue weighted by Gasteiger charge is -2.32. The molecule has 0 aliphatic carbocycles. The van der Waals surface area contributed by atoms with Crippen LogP contribution in [0.2, 0.25) is 0 Å². The van der Waals surface area contributed by atoms with E-state index in [1.807, 2.05) is 24.0 Å². The summed E-state index contributed by atoms with van der Waals surface area (Å²) in [6, 6.07) is 12.0. The zero-order valence-electron chi connectivity index (χ0n) is 15.9. The molecule has 2 N–H and O–H groups in total. The number of thioether (sulfide) groups is 1. The number of amides is 1. The Morgan fingerprint density at radius 2 is 2.14 bits per heavy atom. The van der Waals surface area contributed by atoms with E-state index in [0.717, 1.165) is 41.8 Å². The minimum absolute atomic E-state index is 0.0234. The van der Waals surface area contributed by atoms with Crippen molar-refractivity contribution in [2.45, 2.75) is 31.4 Å². The highest BCUT2D eigenvalue weighted by Crippen LogP contribution is 2.32. The summed E-state index contributed by atoms with van der Waals surface area (Å²) < 4.78 is 13.3. The lowest BCUT2D eigenvalue weighted by atomic mass is 9.95. The van der Waals surface area contributed by atoms with Crippen LogP contribution in [0.25, 0.3) is 0 Å². The fourth-order valence-electron chi connectivity index (χ4n) is 3.76. The number of carbonyl (C=O) groups is 1. The highest BCUT2D eigenvalue weighted by Gasteiger charge is 2.27. The fourth-order valence-corrected chi connectivity index (χ4v) is 4.58. The van der Waals surface area contributed by atoms with Gasteiger partial charge in [0.1, 0.15) is 5.82 Å². The van der Waals surface area contributed by atoms with Crippen LogP contribution in [0, 0.1) is 5.82 Å². The van der Waals surface area contributed by atoms with Gasteiger partial charge in [0.25, 0.3) is 5.24 Å². The number of nitrogens with one attached hydrogen (secondary N) is 1. The van der Waals surface area contributed by atoms with Gasteiger partial charge in [0.2, 0.25) is 0 Å². The van der Waals surface area contributed by atoms with E-state index in [9.17, 15) is 14.4 Å². The molecule has 2 heterocycles. The van der Waals surface area contributed by atoms with Crippen molar-refractivity contribution in [3.63, 3.8) is 0 Å². The third-order valence-electron chi connectivity index (χ3n) is 5.14. The number of rotatable bonds is 3. The number of fused-ring (bicyclic) bond motifs is 1. The van der Waals surface area contributed by atoms with Crippen LogP contribution in [0.15, 0.2) is 52.7 Å². The van der Waals surface area contributed by atoms with Gasteiger partial charge in [-0.05, 0) is 66.8 Å². The molecule has 1 amide bonds. The predicted octanol–water partition coefficient (Wildman–Crippen LogP) is 4.35. The first-order valence-corrected chi connectivity index (χ1v) is 10.4. The van der Waals surface area contributed by atoms with Gasteiger partial charge >= 0.3 is 0 Å². The first-order chi connectivity index (χ1) is 14.1. The van der Waals surface area contributed by atoms with E-state index in [-0.39, 0.29) is 16.3 Å². The largest absolute Gasteiger partial charge is 0.409 e. The Bertz CT molecular complexity index is 991. The number of hydrazone groups is 1. The van der Waals surface area contributed by atoms with E-state index < -0.39 is 0 Å². The molecule has 150 valence electrons. The number of benzene rings is 2. The van der Waals surface area contributed by atoms with Gasteiger partial charge in [-0.2, -0.15) is 5.10 Å². The third-order valence-corrected chi connectivity index (χ3v) is 6.29. The number of amidine groups is 1. The summed E-state index contributed by atoms with van der Waals surface area (Å²) in [4.78, 5) is 13.6. The van der Waals surface area contributed by atoms with Gasteiger partial charge in [-0.3, -0.25) is 4.79 Å². The van der Waals surface area contributed by atoms with Crippen LogP contribution in [0.3, 0.4) is 0 Å². The molecule has 8 heteroatoms. The summed E-state index contributed by atoms with van der Waals surface area (Å²) in [5.41, 5.74) is 7.13. The van der Waals surface area contributed by atoms with E-state index in [4.69, 9.17) is 0 Å². The molecule has 0 spiro atoms. The van der Waals surface area contributed by atoms with E-state index >= 15 is 0 Å². The quantitative estimate of drug-likeness (QED) is 0.340. The molecule has 2 aromatic carbocycles. The molecule has 0 fully saturated rings. The molecule has 0 bridgehead atoms. The third kappa shape index (κ3) is 3.85. The smallest absolute Gasteiger partial charge is 0.299 e. The SMILES string of the molecule is CCC1SC(=O)NN=C1c1ccc2c(c1)CCCN2/C(=N\O)c1ccc(F)cc1. The Kier molecular flexibility index (Phi) is 5.53. The van der Waals surface area contributed by atoms with Gasteiger partial charge in [0, 0.05) is 17.8 Å². The van der Waals surface area contributed by atoms with Crippen LogP contribution in [0.5, 0.6) is 0 Å². The molecule has 0 aromatic heterocycles. The summed E-state index contributed by atoms with van der Waals surface area (Å²) in [7, 11) is 0. The maximum Gasteiger partial charge on any atom is 0.299 e. The number of nitrogens with zero attached hydrogens (tertiary/aromatic N) is 3. The maximum atomic E-state index is 13.3. The Morgan fingerprint density at radius 1 is 1.34 bits per heavy atom. The van der Waals surface area contributed by atoms with Gasteiger partial charge in [-0.15, -0.1) is 0 Å². The number of anilines is 1. The molecule has 2 aromatic rings. The van der Waals surface area contributed by atoms with Crippen LogP contribution < -0.4 is 10.3 Å². The van der Waals surface area contributed by atoms with Crippen LogP contribution in [0.4, 0.5) is 14.9 Å². The standard InChI is InChI=1S/C21H21FN4O2S/c1-2-18-19(23-24-21(27)29-18)15-7-10-17-14(12-15)4-3-11-26(17)20(25-28)13-5-8-16(22)9-6-13/h5-10,12,18,28H,2-4,11H2,1H3,(H,24,27)/b25-20-. The minimum Gasteiger partial charge on any atom is -0.409 e. The van der Waals surface area contributed by atoms with Gasteiger partial charge in [0.05, 0.1) is 11.0 Å². The summed E-state index contributed by atoms with van der Waals surface area (Å²) in [6.07, 6.45) is 2.60. The molecule has 6 nitrogen and oxygen atoms in total. The van der Waals surface area contributed by atoms with Gasteiger partial charge in [0.15, 0.2) is 5.84 Å². The normalized spacial score (nSPS) is 19.4. The van der Waals surface area contributed by atoms with Crippen molar-refractivity contribution in [1.29, 1.82) is 0 Å². The van der Waals surface area contributed by atoms with Gasteiger partial charge in [-0.1, -0.05) is 29.9 Å². The van der Waals surface area contributed by atoms with Crippen LogP contribution in [-0.4, -0.2) is 33.8 Å². The van der Waals surface area contributed by atoms with E-state index in [1.54, 1.807) is 12.1 Å². The topological polar surface area (TPSA) is 77.3 Å².